The quantitative estimate of drug-likeness (QED) is 0.247. The third-order valence-corrected chi connectivity index (χ3v) is 5.54. The monoisotopic (exact) mass is 504 g/mol. The zero-order valence-corrected chi connectivity index (χ0v) is 19.6. The van der Waals surface area contributed by atoms with Crippen LogP contribution in [-0.4, -0.2) is 48.7 Å². The van der Waals surface area contributed by atoms with Gasteiger partial charge in [-0.3, -0.25) is 9.79 Å². The number of rotatable bonds is 8. The number of primary amides is 1. The van der Waals surface area contributed by atoms with Gasteiger partial charge in [-0.15, -0.1) is 24.0 Å². The minimum atomic E-state index is -0.203. The molecule has 1 saturated heterocycles. The summed E-state index contributed by atoms with van der Waals surface area (Å²) in [6, 6.07) is 8.72. The molecular weight excluding hydrogens is 471 g/mol. The Morgan fingerprint density at radius 1 is 1.37 bits per heavy atom. The molecule has 0 radical (unpaired) electrons. The van der Waals surface area contributed by atoms with Gasteiger partial charge in [0.05, 0.1) is 6.54 Å². The van der Waals surface area contributed by atoms with Crippen molar-refractivity contribution in [2.45, 2.75) is 38.9 Å². The number of likely N-dealkylation sites (tertiary alicyclic amines) is 1. The van der Waals surface area contributed by atoms with Crippen LogP contribution in [0.1, 0.15) is 37.3 Å². The second-order valence-corrected chi connectivity index (χ2v) is 8.00. The zero-order chi connectivity index (χ0) is 18.8. The predicted octanol–water partition coefficient (Wildman–Crippen LogP) is 3.40. The summed E-state index contributed by atoms with van der Waals surface area (Å²) >= 11 is 1.91. The molecule has 5 nitrogen and oxygen atoms in total. The topological polar surface area (TPSA) is 70.7 Å². The van der Waals surface area contributed by atoms with E-state index in [0.717, 1.165) is 56.5 Å². The largest absolute Gasteiger partial charge is 0.370 e. The molecule has 1 heterocycles. The summed E-state index contributed by atoms with van der Waals surface area (Å²) in [7, 11) is 0. The fourth-order valence-electron chi connectivity index (χ4n) is 3.22. The van der Waals surface area contributed by atoms with E-state index in [1.54, 1.807) is 0 Å². The molecule has 0 aromatic heterocycles. The van der Waals surface area contributed by atoms with Gasteiger partial charge < -0.3 is 16.0 Å². The Labute approximate surface area is 185 Å². The van der Waals surface area contributed by atoms with Gasteiger partial charge in [0.15, 0.2) is 5.96 Å². The van der Waals surface area contributed by atoms with Gasteiger partial charge in [0, 0.05) is 37.6 Å². The lowest BCUT2D eigenvalue weighted by Crippen LogP contribution is -2.47. The predicted molar refractivity (Wildman–Crippen MR) is 127 cm³/mol. The van der Waals surface area contributed by atoms with E-state index >= 15 is 0 Å². The van der Waals surface area contributed by atoms with Crippen LogP contribution in [0.5, 0.6) is 0 Å². The van der Waals surface area contributed by atoms with E-state index in [2.05, 4.69) is 48.3 Å². The van der Waals surface area contributed by atoms with E-state index in [0.29, 0.717) is 12.3 Å². The smallest absolute Gasteiger partial charge is 0.217 e. The first-order chi connectivity index (χ1) is 12.6. The molecule has 3 N–H and O–H groups in total. The number of nitrogens with one attached hydrogen (secondary N) is 1. The number of piperidine rings is 1. The highest BCUT2D eigenvalue weighted by Crippen LogP contribution is 2.19. The first-order valence-corrected chi connectivity index (χ1v) is 10.7. The zero-order valence-electron chi connectivity index (χ0n) is 16.4. The lowest BCUT2D eigenvalue weighted by atomic mass is 9.95. The highest BCUT2D eigenvalue weighted by Gasteiger charge is 2.23. The summed E-state index contributed by atoms with van der Waals surface area (Å²) in [5, 5.41) is 3.39. The Morgan fingerprint density at radius 3 is 2.78 bits per heavy atom. The molecule has 1 aromatic carbocycles. The van der Waals surface area contributed by atoms with Crippen LogP contribution < -0.4 is 11.1 Å². The second-order valence-electron chi connectivity index (χ2n) is 6.90. The molecular formula is C20H33IN4OS. The van der Waals surface area contributed by atoms with Gasteiger partial charge in [0.1, 0.15) is 0 Å². The molecule has 1 fully saturated rings. The number of hydrogen-bond acceptors (Lipinski definition) is 3. The average Bonchev–Trinajstić information content (AvgIpc) is 2.62. The molecule has 1 unspecified atom stereocenters. The van der Waals surface area contributed by atoms with Crippen molar-refractivity contribution >= 4 is 47.6 Å². The summed E-state index contributed by atoms with van der Waals surface area (Å²) in [6.45, 7) is 7.72. The summed E-state index contributed by atoms with van der Waals surface area (Å²) in [5.41, 5.74) is 8.03. The number of carbonyl (C=O) groups excluding carboxylic acids is 1. The normalized spacial score (nSPS) is 17.3. The molecule has 1 aliphatic rings. The number of nitrogens with two attached hydrogens (primary N) is 1. The highest BCUT2D eigenvalue weighted by molar-refractivity contribution is 14.0. The number of guanidine groups is 1. The fourth-order valence-corrected chi connectivity index (χ4v) is 4.02. The molecule has 0 bridgehead atoms. The molecule has 27 heavy (non-hydrogen) atoms. The van der Waals surface area contributed by atoms with Crippen LogP contribution in [0.4, 0.5) is 0 Å². The Morgan fingerprint density at radius 2 is 2.11 bits per heavy atom. The molecule has 0 aliphatic carbocycles. The summed E-state index contributed by atoms with van der Waals surface area (Å²) < 4.78 is 0. The van der Waals surface area contributed by atoms with Gasteiger partial charge >= 0.3 is 0 Å². The van der Waals surface area contributed by atoms with Crippen molar-refractivity contribution in [2.75, 3.05) is 31.9 Å². The van der Waals surface area contributed by atoms with Crippen molar-refractivity contribution in [1.82, 2.24) is 10.2 Å². The molecule has 1 atom stereocenters. The number of benzene rings is 1. The molecule has 2 rings (SSSR count). The van der Waals surface area contributed by atoms with Gasteiger partial charge in [-0.1, -0.05) is 29.8 Å². The van der Waals surface area contributed by atoms with Gasteiger partial charge in [-0.25, -0.2) is 0 Å². The molecule has 0 spiro atoms. The summed E-state index contributed by atoms with van der Waals surface area (Å²) in [4.78, 5) is 18.3. The fraction of sp³-hybridized carbons (Fsp3) is 0.600. The summed E-state index contributed by atoms with van der Waals surface area (Å²) in [5.74, 6) is 3.14. The van der Waals surface area contributed by atoms with Crippen molar-refractivity contribution < 1.29 is 4.79 Å². The number of hydrogen-bond donors (Lipinski definition) is 2. The van der Waals surface area contributed by atoms with E-state index in [9.17, 15) is 4.79 Å². The second kappa shape index (κ2) is 13.3. The van der Waals surface area contributed by atoms with Crippen molar-refractivity contribution in [3.63, 3.8) is 0 Å². The van der Waals surface area contributed by atoms with Crippen LogP contribution in [0.25, 0.3) is 0 Å². The van der Waals surface area contributed by atoms with E-state index in [4.69, 9.17) is 10.7 Å². The number of aryl methyl sites for hydroxylation is 1. The number of halogens is 1. The van der Waals surface area contributed by atoms with Crippen LogP contribution in [0.15, 0.2) is 29.3 Å². The number of carbonyl (C=O) groups is 1. The molecule has 7 heteroatoms. The maximum Gasteiger partial charge on any atom is 0.217 e. The first-order valence-electron chi connectivity index (χ1n) is 9.53. The Hall–Kier alpha value is -0.960. The SMILES string of the molecule is CCNC(=NCCSCc1ccc(C)cc1)N1CCCC(CC(N)=O)C1.I. The Balaban J connectivity index is 0.00000364. The van der Waals surface area contributed by atoms with Gasteiger partial charge in [-0.2, -0.15) is 11.8 Å². The minimum absolute atomic E-state index is 0. The third-order valence-electron chi connectivity index (χ3n) is 4.53. The number of amides is 1. The van der Waals surface area contributed by atoms with Crippen LogP contribution in [0.2, 0.25) is 0 Å². The van der Waals surface area contributed by atoms with Crippen molar-refractivity contribution in [2.24, 2.45) is 16.6 Å². The summed E-state index contributed by atoms with van der Waals surface area (Å²) in [6.07, 6.45) is 2.64. The maximum absolute atomic E-state index is 11.2. The molecule has 152 valence electrons. The minimum Gasteiger partial charge on any atom is -0.370 e. The van der Waals surface area contributed by atoms with Crippen molar-refractivity contribution in [3.8, 4) is 0 Å². The van der Waals surface area contributed by atoms with Gasteiger partial charge in [0.2, 0.25) is 5.91 Å². The van der Waals surface area contributed by atoms with E-state index in [1.165, 1.54) is 11.1 Å². The van der Waals surface area contributed by atoms with Gasteiger partial charge in [-0.05, 0) is 38.2 Å². The highest BCUT2D eigenvalue weighted by atomic mass is 127. The Kier molecular flexibility index (Phi) is 11.8. The molecule has 1 aromatic rings. The maximum atomic E-state index is 11.2. The lowest BCUT2D eigenvalue weighted by molar-refractivity contribution is -0.119. The molecule has 1 amide bonds. The lowest BCUT2D eigenvalue weighted by Gasteiger charge is -2.34. The average molecular weight is 504 g/mol. The standard InChI is InChI=1S/C20H32N4OS.HI/c1-3-22-20(24-11-4-5-18(14-24)13-19(21)25)23-10-12-26-15-17-8-6-16(2)7-9-17;/h6-9,18H,3-5,10-15H2,1-2H3,(H2,21,25)(H,22,23);1H. The molecule has 0 saturated carbocycles. The van der Waals surface area contributed by atoms with E-state index in [1.807, 2.05) is 11.8 Å². The van der Waals surface area contributed by atoms with Crippen LogP contribution in [0.3, 0.4) is 0 Å². The van der Waals surface area contributed by atoms with Crippen LogP contribution in [-0.2, 0) is 10.5 Å². The number of aliphatic imine (C=N–C) groups is 1. The van der Waals surface area contributed by atoms with Crippen molar-refractivity contribution in [1.29, 1.82) is 0 Å². The van der Waals surface area contributed by atoms with E-state index < -0.39 is 0 Å². The number of thioether (sulfide) groups is 1. The van der Waals surface area contributed by atoms with E-state index in [-0.39, 0.29) is 29.9 Å². The van der Waals surface area contributed by atoms with Crippen molar-refractivity contribution in [3.05, 3.63) is 35.4 Å². The van der Waals surface area contributed by atoms with Crippen LogP contribution >= 0.6 is 35.7 Å². The first kappa shape index (κ1) is 24.1. The van der Waals surface area contributed by atoms with Gasteiger partial charge in [0.25, 0.3) is 0 Å². The number of nitrogens with zero attached hydrogens (tertiary/aromatic N) is 2. The van der Waals surface area contributed by atoms with Crippen LogP contribution in [0, 0.1) is 12.8 Å². The third kappa shape index (κ3) is 9.19. The molecule has 1 aliphatic heterocycles. The Bertz CT molecular complexity index is 594.